The molecule has 0 radical (unpaired) electrons. The number of H-pyrrole nitrogens is 1. The number of hydrogen-bond donors (Lipinski definition) is 2. The van der Waals surface area contributed by atoms with Crippen LogP contribution in [0.15, 0.2) is 18.3 Å². The van der Waals surface area contributed by atoms with Crippen molar-refractivity contribution in [3.05, 3.63) is 24.0 Å². The quantitative estimate of drug-likeness (QED) is 0.840. The van der Waals surface area contributed by atoms with Crippen LogP contribution in [0.2, 0.25) is 0 Å². The molecule has 19 heavy (non-hydrogen) atoms. The van der Waals surface area contributed by atoms with Crippen molar-refractivity contribution in [2.75, 3.05) is 33.2 Å². The number of carbonyl (C=O) groups excluding carboxylic acids is 1. The van der Waals surface area contributed by atoms with Gasteiger partial charge in [-0.15, -0.1) is 0 Å². The van der Waals surface area contributed by atoms with Crippen LogP contribution >= 0.6 is 0 Å². The number of nitrogens with one attached hydrogen (secondary N) is 2. The summed E-state index contributed by atoms with van der Waals surface area (Å²) >= 11 is 0. The predicted molar refractivity (Wildman–Crippen MR) is 75.8 cm³/mol. The zero-order valence-corrected chi connectivity index (χ0v) is 12.1. The first-order valence-electron chi connectivity index (χ1n) is 6.85. The van der Waals surface area contributed by atoms with Crippen LogP contribution in [0.4, 0.5) is 0 Å². The molecule has 106 valence electrons. The molecule has 2 rings (SSSR count). The standard InChI is InChI=1S/C14H24N4O/c1-14(2,18-9-7-15-8-10-18)13(19)17(3)11-12-5-4-6-16-12/h4-6,15-16H,7-11H2,1-3H3. The molecule has 1 amide bonds. The molecule has 0 spiro atoms. The maximum Gasteiger partial charge on any atom is 0.242 e. The second-order valence-corrected chi connectivity index (χ2v) is 5.65. The van der Waals surface area contributed by atoms with Crippen molar-refractivity contribution >= 4 is 5.91 Å². The van der Waals surface area contributed by atoms with Crippen molar-refractivity contribution < 1.29 is 4.79 Å². The van der Waals surface area contributed by atoms with E-state index in [1.54, 1.807) is 4.90 Å². The van der Waals surface area contributed by atoms with Gasteiger partial charge in [0.05, 0.1) is 12.1 Å². The first kappa shape index (κ1) is 14.1. The van der Waals surface area contributed by atoms with Gasteiger partial charge in [0.1, 0.15) is 0 Å². The largest absolute Gasteiger partial charge is 0.364 e. The number of carbonyl (C=O) groups is 1. The van der Waals surface area contributed by atoms with E-state index in [-0.39, 0.29) is 5.91 Å². The molecule has 0 unspecified atom stereocenters. The molecule has 5 nitrogen and oxygen atoms in total. The minimum absolute atomic E-state index is 0.170. The van der Waals surface area contributed by atoms with Crippen LogP contribution in [0.25, 0.3) is 0 Å². The highest BCUT2D eigenvalue weighted by molar-refractivity contribution is 5.85. The van der Waals surface area contributed by atoms with E-state index in [2.05, 4.69) is 15.2 Å². The highest BCUT2D eigenvalue weighted by atomic mass is 16.2. The van der Waals surface area contributed by atoms with E-state index < -0.39 is 5.54 Å². The van der Waals surface area contributed by atoms with E-state index in [4.69, 9.17) is 0 Å². The van der Waals surface area contributed by atoms with Gasteiger partial charge in [-0.3, -0.25) is 9.69 Å². The Morgan fingerprint density at radius 3 is 2.68 bits per heavy atom. The molecular formula is C14H24N4O. The molecule has 0 saturated carbocycles. The summed E-state index contributed by atoms with van der Waals surface area (Å²) in [6, 6.07) is 3.96. The summed E-state index contributed by atoms with van der Waals surface area (Å²) in [6.45, 7) is 8.43. The summed E-state index contributed by atoms with van der Waals surface area (Å²) in [5.41, 5.74) is 0.621. The van der Waals surface area contributed by atoms with Gasteiger partial charge in [0.2, 0.25) is 5.91 Å². The molecule has 2 N–H and O–H groups in total. The van der Waals surface area contributed by atoms with Crippen LogP contribution in [0, 0.1) is 0 Å². The molecule has 1 aromatic rings. The van der Waals surface area contributed by atoms with Crippen molar-refractivity contribution in [1.82, 2.24) is 20.1 Å². The number of piperazine rings is 1. The fraction of sp³-hybridized carbons (Fsp3) is 0.643. The van der Waals surface area contributed by atoms with Gasteiger partial charge < -0.3 is 15.2 Å². The molecular weight excluding hydrogens is 240 g/mol. The van der Waals surface area contributed by atoms with Gasteiger partial charge in [0.15, 0.2) is 0 Å². The van der Waals surface area contributed by atoms with Gasteiger partial charge in [0, 0.05) is 45.1 Å². The topological polar surface area (TPSA) is 51.4 Å². The highest BCUT2D eigenvalue weighted by Gasteiger charge is 2.37. The van der Waals surface area contributed by atoms with E-state index in [1.165, 1.54) is 0 Å². The first-order chi connectivity index (χ1) is 9.01. The molecule has 2 heterocycles. The highest BCUT2D eigenvalue weighted by Crippen LogP contribution is 2.18. The number of likely N-dealkylation sites (N-methyl/N-ethyl adjacent to an activating group) is 1. The fourth-order valence-corrected chi connectivity index (χ4v) is 2.62. The third-order valence-electron chi connectivity index (χ3n) is 3.85. The predicted octanol–water partition coefficient (Wildman–Crippen LogP) is 0.657. The molecule has 5 heteroatoms. The minimum atomic E-state index is -0.441. The zero-order valence-electron chi connectivity index (χ0n) is 12.1. The Hall–Kier alpha value is -1.33. The average molecular weight is 264 g/mol. The SMILES string of the molecule is CN(Cc1ccc[nH]1)C(=O)C(C)(C)N1CCNCC1. The average Bonchev–Trinajstić information content (AvgIpc) is 2.91. The van der Waals surface area contributed by atoms with Gasteiger partial charge in [0.25, 0.3) is 0 Å². The first-order valence-corrected chi connectivity index (χ1v) is 6.85. The summed E-state index contributed by atoms with van der Waals surface area (Å²) in [5, 5.41) is 3.32. The van der Waals surface area contributed by atoms with Crippen molar-refractivity contribution in [2.24, 2.45) is 0 Å². The van der Waals surface area contributed by atoms with Crippen LogP contribution in [0.1, 0.15) is 19.5 Å². The maximum atomic E-state index is 12.6. The maximum absolute atomic E-state index is 12.6. The Kier molecular flexibility index (Phi) is 4.27. The molecule has 1 aromatic heterocycles. The fourth-order valence-electron chi connectivity index (χ4n) is 2.62. The van der Waals surface area contributed by atoms with Gasteiger partial charge in [-0.05, 0) is 26.0 Å². The molecule has 1 saturated heterocycles. The van der Waals surface area contributed by atoms with Crippen molar-refractivity contribution in [1.29, 1.82) is 0 Å². The molecule has 1 aliphatic heterocycles. The third-order valence-corrected chi connectivity index (χ3v) is 3.85. The lowest BCUT2D eigenvalue weighted by Crippen LogP contribution is -2.60. The smallest absolute Gasteiger partial charge is 0.242 e. The number of nitrogens with zero attached hydrogens (tertiary/aromatic N) is 2. The van der Waals surface area contributed by atoms with Crippen molar-refractivity contribution in [3.8, 4) is 0 Å². The summed E-state index contributed by atoms with van der Waals surface area (Å²) in [4.78, 5) is 19.8. The van der Waals surface area contributed by atoms with E-state index in [0.717, 1.165) is 31.9 Å². The van der Waals surface area contributed by atoms with E-state index >= 15 is 0 Å². The normalized spacial score (nSPS) is 17.4. The monoisotopic (exact) mass is 264 g/mol. The number of amides is 1. The van der Waals surface area contributed by atoms with Crippen LogP contribution < -0.4 is 5.32 Å². The lowest BCUT2D eigenvalue weighted by molar-refractivity contribution is -0.142. The number of rotatable bonds is 4. The Bertz CT molecular complexity index is 407. The third kappa shape index (κ3) is 3.16. The Balaban J connectivity index is 2.00. The van der Waals surface area contributed by atoms with Crippen LogP contribution in [-0.4, -0.2) is 59.5 Å². The second-order valence-electron chi connectivity index (χ2n) is 5.65. The Morgan fingerprint density at radius 2 is 2.11 bits per heavy atom. The van der Waals surface area contributed by atoms with E-state index in [9.17, 15) is 4.79 Å². The molecule has 0 bridgehead atoms. The summed E-state index contributed by atoms with van der Waals surface area (Å²) in [6.07, 6.45) is 1.88. The molecule has 0 aromatic carbocycles. The zero-order chi connectivity index (χ0) is 13.9. The summed E-state index contributed by atoms with van der Waals surface area (Å²) in [5.74, 6) is 0.170. The van der Waals surface area contributed by atoms with Gasteiger partial charge in [-0.2, -0.15) is 0 Å². The molecule has 0 aliphatic carbocycles. The van der Waals surface area contributed by atoms with Crippen LogP contribution in [-0.2, 0) is 11.3 Å². The number of hydrogen-bond acceptors (Lipinski definition) is 3. The molecule has 1 fully saturated rings. The van der Waals surface area contributed by atoms with Gasteiger partial charge >= 0.3 is 0 Å². The van der Waals surface area contributed by atoms with E-state index in [1.807, 2.05) is 39.2 Å². The number of aromatic amines is 1. The van der Waals surface area contributed by atoms with E-state index in [0.29, 0.717) is 6.54 Å². The van der Waals surface area contributed by atoms with Crippen LogP contribution in [0.3, 0.4) is 0 Å². The summed E-state index contributed by atoms with van der Waals surface area (Å²) < 4.78 is 0. The lowest BCUT2D eigenvalue weighted by Gasteiger charge is -2.41. The van der Waals surface area contributed by atoms with Crippen molar-refractivity contribution in [2.45, 2.75) is 25.9 Å². The Morgan fingerprint density at radius 1 is 1.42 bits per heavy atom. The number of aromatic nitrogens is 1. The van der Waals surface area contributed by atoms with Gasteiger partial charge in [-0.1, -0.05) is 0 Å². The second kappa shape index (κ2) is 5.75. The minimum Gasteiger partial charge on any atom is -0.364 e. The Labute approximate surface area is 115 Å². The summed E-state index contributed by atoms with van der Waals surface area (Å²) in [7, 11) is 1.87. The molecule has 0 atom stereocenters. The van der Waals surface area contributed by atoms with Crippen LogP contribution in [0.5, 0.6) is 0 Å². The van der Waals surface area contributed by atoms with Gasteiger partial charge in [-0.25, -0.2) is 0 Å². The lowest BCUT2D eigenvalue weighted by atomic mass is 9.99. The molecule has 1 aliphatic rings. The van der Waals surface area contributed by atoms with Crippen molar-refractivity contribution in [3.63, 3.8) is 0 Å².